The Balaban J connectivity index is 1.59. The minimum atomic E-state index is -0.998. The Morgan fingerprint density at radius 2 is 1.63 bits per heavy atom. The first kappa shape index (κ1) is 22.4. The zero-order valence-corrected chi connectivity index (χ0v) is 18.9. The minimum Gasteiger partial charge on any atom is -0.322 e. The maximum Gasteiger partial charge on any atom is 0.256 e. The predicted octanol–water partition coefficient (Wildman–Crippen LogP) is 6.95. The fraction of sp³-hybridized carbons (Fsp3) is 0.0714. The molecule has 1 amide bonds. The summed E-state index contributed by atoms with van der Waals surface area (Å²) < 4.78 is 44.8. The van der Waals surface area contributed by atoms with Gasteiger partial charge >= 0.3 is 0 Å². The lowest BCUT2D eigenvalue weighted by atomic mass is 9.98. The maximum atomic E-state index is 15.0. The summed E-state index contributed by atoms with van der Waals surface area (Å²) in [6.07, 6.45) is 3.18. The van der Waals surface area contributed by atoms with Gasteiger partial charge in [-0.3, -0.25) is 9.20 Å². The Kier molecular flexibility index (Phi) is 5.61. The molecule has 0 aliphatic rings. The highest BCUT2D eigenvalue weighted by atomic mass is 19.2. The van der Waals surface area contributed by atoms with Crippen molar-refractivity contribution in [3.8, 4) is 22.5 Å². The summed E-state index contributed by atoms with van der Waals surface area (Å²) in [5.41, 5.74) is 3.68. The Morgan fingerprint density at radius 1 is 0.886 bits per heavy atom. The summed E-state index contributed by atoms with van der Waals surface area (Å²) in [5.74, 6) is -2.73. The molecule has 2 heterocycles. The molecule has 0 atom stereocenters. The molecule has 0 unspecified atom stereocenters. The summed E-state index contributed by atoms with van der Waals surface area (Å²) in [6.45, 7) is 3.49. The van der Waals surface area contributed by atoms with Crippen LogP contribution in [0, 0.1) is 31.3 Å². The van der Waals surface area contributed by atoms with E-state index in [0.717, 1.165) is 11.6 Å². The smallest absolute Gasteiger partial charge is 0.256 e. The van der Waals surface area contributed by atoms with Crippen LogP contribution < -0.4 is 5.32 Å². The Labute approximate surface area is 199 Å². The number of imidazole rings is 1. The second-order valence-electron chi connectivity index (χ2n) is 8.31. The summed E-state index contributed by atoms with van der Waals surface area (Å²) in [4.78, 5) is 17.3. The molecule has 0 saturated carbocycles. The Bertz CT molecular complexity index is 1590. The van der Waals surface area contributed by atoms with Gasteiger partial charge in [-0.25, -0.2) is 18.2 Å². The highest BCUT2D eigenvalue weighted by Gasteiger charge is 2.19. The number of nitrogens with one attached hydrogen (secondary N) is 1. The summed E-state index contributed by atoms with van der Waals surface area (Å²) in [5, 5.41) is 2.81. The van der Waals surface area contributed by atoms with Crippen LogP contribution in [0.15, 0.2) is 79.1 Å². The number of pyridine rings is 1. The zero-order valence-electron chi connectivity index (χ0n) is 18.9. The molecule has 0 aliphatic carbocycles. The van der Waals surface area contributed by atoms with E-state index in [9.17, 15) is 18.0 Å². The van der Waals surface area contributed by atoms with Crippen LogP contribution in [-0.4, -0.2) is 15.3 Å². The summed E-state index contributed by atoms with van der Waals surface area (Å²) >= 11 is 0. The lowest BCUT2D eigenvalue weighted by Gasteiger charge is -2.13. The van der Waals surface area contributed by atoms with Crippen LogP contribution in [0.2, 0.25) is 0 Å². The number of hydrogen-bond donors (Lipinski definition) is 1. The van der Waals surface area contributed by atoms with Crippen LogP contribution >= 0.6 is 0 Å². The fourth-order valence-electron chi connectivity index (χ4n) is 4.05. The van der Waals surface area contributed by atoms with Gasteiger partial charge in [-0.2, -0.15) is 0 Å². The van der Waals surface area contributed by atoms with Crippen molar-refractivity contribution in [3.63, 3.8) is 0 Å². The van der Waals surface area contributed by atoms with E-state index < -0.39 is 23.4 Å². The Hall–Kier alpha value is -4.39. The number of rotatable bonds is 4. The topological polar surface area (TPSA) is 46.4 Å². The summed E-state index contributed by atoms with van der Waals surface area (Å²) in [7, 11) is 0. The van der Waals surface area contributed by atoms with Crippen molar-refractivity contribution in [2.24, 2.45) is 0 Å². The molecule has 0 spiro atoms. The molecular weight excluding hydrogens is 451 g/mol. The first-order valence-electron chi connectivity index (χ1n) is 10.9. The second-order valence-corrected chi connectivity index (χ2v) is 8.31. The summed E-state index contributed by atoms with van der Waals surface area (Å²) in [6, 6.07) is 17.6. The highest BCUT2D eigenvalue weighted by molar-refractivity contribution is 6.06. The molecule has 5 rings (SSSR count). The molecule has 3 aromatic carbocycles. The van der Waals surface area contributed by atoms with Gasteiger partial charge in [-0.1, -0.05) is 29.8 Å². The van der Waals surface area contributed by atoms with Crippen LogP contribution in [0.1, 0.15) is 21.5 Å². The van der Waals surface area contributed by atoms with Gasteiger partial charge in [-0.05, 0) is 67.4 Å². The number of fused-ring (bicyclic) bond motifs is 1. The molecule has 2 aromatic heterocycles. The van der Waals surface area contributed by atoms with Crippen LogP contribution in [-0.2, 0) is 0 Å². The molecule has 0 aliphatic heterocycles. The van der Waals surface area contributed by atoms with Crippen LogP contribution in [0.25, 0.3) is 28.0 Å². The van der Waals surface area contributed by atoms with Crippen molar-refractivity contribution in [2.45, 2.75) is 13.8 Å². The number of anilines is 1. The normalized spacial score (nSPS) is 11.1. The van der Waals surface area contributed by atoms with Gasteiger partial charge in [0.05, 0.1) is 17.3 Å². The molecule has 4 nitrogen and oxygen atoms in total. The van der Waals surface area contributed by atoms with Crippen molar-refractivity contribution >= 4 is 17.1 Å². The number of halogens is 3. The Morgan fingerprint density at radius 3 is 2.40 bits per heavy atom. The second kappa shape index (κ2) is 8.76. The number of carbonyl (C=O) groups excluding carboxylic acids is 1. The van der Waals surface area contributed by atoms with Gasteiger partial charge in [0, 0.05) is 23.0 Å². The third-order valence-corrected chi connectivity index (χ3v) is 5.97. The molecule has 174 valence electrons. The van der Waals surface area contributed by atoms with E-state index in [1.807, 2.05) is 19.1 Å². The van der Waals surface area contributed by atoms with Gasteiger partial charge in [-0.15, -0.1) is 0 Å². The maximum absolute atomic E-state index is 15.0. The van der Waals surface area contributed by atoms with Crippen molar-refractivity contribution in [1.82, 2.24) is 9.38 Å². The average Bonchev–Trinajstić information content (AvgIpc) is 3.28. The van der Waals surface area contributed by atoms with E-state index in [1.54, 1.807) is 47.9 Å². The van der Waals surface area contributed by atoms with E-state index in [0.29, 0.717) is 22.3 Å². The van der Waals surface area contributed by atoms with E-state index in [4.69, 9.17) is 0 Å². The molecule has 0 saturated heterocycles. The molecule has 0 radical (unpaired) electrons. The highest BCUT2D eigenvalue weighted by Crippen LogP contribution is 2.32. The van der Waals surface area contributed by atoms with Gasteiger partial charge in [0.2, 0.25) is 0 Å². The van der Waals surface area contributed by atoms with Gasteiger partial charge < -0.3 is 5.32 Å². The molecule has 0 fully saturated rings. The first-order valence-corrected chi connectivity index (χ1v) is 10.9. The molecular formula is C28H20F3N3O. The van der Waals surface area contributed by atoms with Crippen LogP contribution in [0.5, 0.6) is 0 Å². The predicted molar refractivity (Wildman–Crippen MR) is 130 cm³/mol. The molecule has 5 aromatic rings. The van der Waals surface area contributed by atoms with Gasteiger partial charge in [0.15, 0.2) is 11.6 Å². The quantitative estimate of drug-likeness (QED) is 0.308. The van der Waals surface area contributed by atoms with Gasteiger partial charge in [0.1, 0.15) is 11.6 Å². The largest absolute Gasteiger partial charge is 0.322 e. The number of aromatic nitrogens is 2. The molecule has 1 N–H and O–H groups in total. The number of amides is 1. The monoisotopic (exact) mass is 471 g/mol. The molecule has 7 heteroatoms. The van der Waals surface area contributed by atoms with E-state index in [2.05, 4.69) is 10.3 Å². The van der Waals surface area contributed by atoms with Crippen molar-refractivity contribution in [1.29, 1.82) is 0 Å². The molecule has 0 bridgehead atoms. The number of hydrogen-bond acceptors (Lipinski definition) is 2. The SMILES string of the molecule is Cc1ccc(NC(=O)c2cc(-c3cccn4c(-c5cccc(F)c5F)ncc34)cc(F)c2C)cc1. The number of aryl methyl sites for hydroxylation is 1. The third-order valence-electron chi connectivity index (χ3n) is 5.97. The van der Waals surface area contributed by atoms with E-state index in [1.165, 1.54) is 24.4 Å². The van der Waals surface area contributed by atoms with Crippen LogP contribution in [0.3, 0.4) is 0 Å². The number of carbonyl (C=O) groups is 1. The zero-order chi connectivity index (χ0) is 24.7. The van der Waals surface area contributed by atoms with E-state index >= 15 is 0 Å². The standard InChI is InChI=1S/C28H20F3N3O/c1-16-8-10-19(11-9-16)33-28(35)22-13-18(14-24(30)17(22)2)20-6-4-12-34-25(20)15-32-27(34)21-5-3-7-23(29)26(21)31/h3-15H,1-2H3,(H,33,35). The average molecular weight is 471 g/mol. The fourth-order valence-corrected chi connectivity index (χ4v) is 4.05. The lowest BCUT2D eigenvalue weighted by molar-refractivity contribution is 0.102. The van der Waals surface area contributed by atoms with Crippen molar-refractivity contribution in [2.75, 3.05) is 5.32 Å². The lowest BCUT2D eigenvalue weighted by Crippen LogP contribution is -2.14. The first-order chi connectivity index (χ1) is 16.8. The molecule has 35 heavy (non-hydrogen) atoms. The number of nitrogens with zero attached hydrogens (tertiary/aromatic N) is 2. The number of benzene rings is 3. The van der Waals surface area contributed by atoms with Crippen molar-refractivity contribution < 1.29 is 18.0 Å². The third kappa shape index (κ3) is 4.05. The van der Waals surface area contributed by atoms with Crippen molar-refractivity contribution in [3.05, 3.63) is 113 Å². The van der Waals surface area contributed by atoms with Crippen LogP contribution in [0.4, 0.5) is 18.9 Å². The minimum absolute atomic E-state index is 0.00963. The van der Waals surface area contributed by atoms with Gasteiger partial charge in [0.25, 0.3) is 5.91 Å². The van der Waals surface area contributed by atoms with E-state index in [-0.39, 0.29) is 22.5 Å².